The fraction of sp³-hybridized carbons (Fsp3) is 0.545. The van der Waals surface area contributed by atoms with Gasteiger partial charge in [0.15, 0.2) is 0 Å². The number of hydrogen-bond donors (Lipinski definition) is 2. The van der Waals surface area contributed by atoms with Crippen molar-refractivity contribution in [3.05, 3.63) is 29.6 Å². The summed E-state index contributed by atoms with van der Waals surface area (Å²) in [7, 11) is 0. The van der Waals surface area contributed by atoms with E-state index in [-0.39, 0.29) is 0 Å². The molecule has 3 nitrogen and oxygen atoms in total. The van der Waals surface area contributed by atoms with Gasteiger partial charge in [-0.15, -0.1) is 0 Å². The Kier molecular flexibility index (Phi) is 2.87. The van der Waals surface area contributed by atoms with Gasteiger partial charge >= 0.3 is 6.18 Å². The Labute approximate surface area is 96.5 Å². The van der Waals surface area contributed by atoms with Gasteiger partial charge in [-0.05, 0) is 24.5 Å². The molecular formula is C11H13F3N2O. The van der Waals surface area contributed by atoms with Crippen LogP contribution in [0.5, 0.6) is 0 Å². The van der Waals surface area contributed by atoms with Gasteiger partial charge in [-0.1, -0.05) is 6.07 Å². The Balaban J connectivity index is 2.24. The van der Waals surface area contributed by atoms with Gasteiger partial charge in [-0.25, -0.2) is 0 Å². The van der Waals surface area contributed by atoms with E-state index < -0.39 is 23.4 Å². The van der Waals surface area contributed by atoms with Crippen LogP contribution in [-0.2, 0) is 11.6 Å². The van der Waals surface area contributed by atoms with Crippen molar-refractivity contribution < 1.29 is 18.3 Å². The van der Waals surface area contributed by atoms with Gasteiger partial charge in [0.05, 0.1) is 6.10 Å². The SMILES string of the molecule is NCC1(c2ccc(C(F)(F)F)nc2)CC(O)C1. The molecule has 17 heavy (non-hydrogen) atoms. The van der Waals surface area contributed by atoms with Crippen LogP contribution in [0.3, 0.4) is 0 Å². The summed E-state index contributed by atoms with van der Waals surface area (Å²) in [5, 5.41) is 9.30. The van der Waals surface area contributed by atoms with Gasteiger partial charge in [-0.3, -0.25) is 4.98 Å². The monoisotopic (exact) mass is 246 g/mol. The van der Waals surface area contributed by atoms with E-state index in [0.717, 1.165) is 6.07 Å². The summed E-state index contributed by atoms with van der Waals surface area (Å²) in [5.41, 5.74) is 4.98. The van der Waals surface area contributed by atoms with E-state index in [1.165, 1.54) is 12.3 Å². The predicted octanol–water partition coefficient (Wildman–Crippen LogP) is 1.45. The highest BCUT2D eigenvalue weighted by Crippen LogP contribution is 2.43. The zero-order valence-corrected chi connectivity index (χ0v) is 9.04. The molecule has 0 atom stereocenters. The molecule has 1 saturated carbocycles. The third-order valence-corrected chi connectivity index (χ3v) is 3.31. The molecule has 0 aromatic carbocycles. The van der Waals surface area contributed by atoms with E-state index in [1.54, 1.807) is 0 Å². The Morgan fingerprint density at radius 2 is 2.06 bits per heavy atom. The van der Waals surface area contributed by atoms with Crippen molar-refractivity contribution in [1.29, 1.82) is 0 Å². The molecule has 1 aliphatic rings. The van der Waals surface area contributed by atoms with E-state index in [9.17, 15) is 18.3 Å². The zero-order chi connectivity index (χ0) is 12.7. The number of aliphatic hydroxyl groups is 1. The summed E-state index contributed by atoms with van der Waals surface area (Å²) in [6.45, 7) is 0.303. The van der Waals surface area contributed by atoms with Crippen LogP contribution in [0.1, 0.15) is 24.1 Å². The fourth-order valence-corrected chi connectivity index (χ4v) is 2.24. The molecule has 0 aliphatic heterocycles. The molecular weight excluding hydrogens is 233 g/mol. The van der Waals surface area contributed by atoms with Crippen molar-refractivity contribution >= 4 is 0 Å². The second kappa shape index (κ2) is 3.96. The van der Waals surface area contributed by atoms with Crippen LogP contribution in [0.4, 0.5) is 13.2 Å². The number of alkyl halides is 3. The zero-order valence-electron chi connectivity index (χ0n) is 9.04. The molecule has 1 fully saturated rings. The third-order valence-electron chi connectivity index (χ3n) is 3.31. The van der Waals surface area contributed by atoms with E-state index in [0.29, 0.717) is 24.9 Å². The predicted molar refractivity (Wildman–Crippen MR) is 55.2 cm³/mol. The molecule has 0 unspecified atom stereocenters. The Morgan fingerprint density at radius 1 is 1.41 bits per heavy atom. The number of aromatic nitrogens is 1. The molecule has 3 N–H and O–H groups in total. The van der Waals surface area contributed by atoms with Crippen LogP contribution < -0.4 is 5.73 Å². The average molecular weight is 246 g/mol. The maximum absolute atomic E-state index is 12.3. The molecule has 6 heteroatoms. The summed E-state index contributed by atoms with van der Waals surface area (Å²) in [6, 6.07) is 2.35. The molecule has 0 bridgehead atoms. The standard InChI is InChI=1S/C11H13F3N2O/c12-11(13,14)9-2-1-7(5-16-9)10(6-15)3-8(17)4-10/h1-2,5,8,17H,3-4,6,15H2. The molecule has 94 valence electrons. The van der Waals surface area contributed by atoms with Gasteiger partial charge in [0, 0.05) is 18.2 Å². The van der Waals surface area contributed by atoms with Crippen LogP contribution in [-0.4, -0.2) is 22.7 Å². The number of aliphatic hydroxyl groups excluding tert-OH is 1. The van der Waals surface area contributed by atoms with Gasteiger partial charge in [0.25, 0.3) is 0 Å². The lowest BCUT2D eigenvalue weighted by molar-refractivity contribution is -0.141. The number of rotatable bonds is 2. The second-order valence-corrected chi connectivity index (χ2v) is 4.48. The molecule has 0 amide bonds. The minimum absolute atomic E-state index is 0.303. The van der Waals surface area contributed by atoms with Crippen molar-refractivity contribution in [3.8, 4) is 0 Å². The second-order valence-electron chi connectivity index (χ2n) is 4.48. The topological polar surface area (TPSA) is 59.1 Å². The number of nitrogens with zero attached hydrogens (tertiary/aromatic N) is 1. The van der Waals surface area contributed by atoms with Crippen molar-refractivity contribution in [2.75, 3.05) is 6.54 Å². The van der Waals surface area contributed by atoms with Crippen molar-refractivity contribution in [2.24, 2.45) is 5.73 Å². The maximum Gasteiger partial charge on any atom is 0.433 e. The van der Waals surface area contributed by atoms with Crippen LogP contribution in [0.2, 0.25) is 0 Å². The first-order chi connectivity index (χ1) is 7.87. The van der Waals surface area contributed by atoms with Crippen molar-refractivity contribution in [3.63, 3.8) is 0 Å². The maximum atomic E-state index is 12.3. The minimum Gasteiger partial charge on any atom is -0.393 e. The summed E-state index contributed by atoms with van der Waals surface area (Å²) < 4.78 is 37.0. The number of hydrogen-bond acceptors (Lipinski definition) is 3. The molecule has 1 aliphatic carbocycles. The fourth-order valence-electron chi connectivity index (χ4n) is 2.24. The molecule has 2 rings (SSSR count). The summed E-state index contributed by atoms with van der Waals surface area (Å²) in [5.74, 6) is 0. The lowest BCUT2D eigenvalue weighted by Gasteiger charge is -2.45. The molecule has 1 heterocycles. The lowest BCUT2D eigenvalue weighted by atomic mass is 9.63. The largest absolute Gasteiger partial charge is 0.433 e. The van der Waals surface area contributed by atoms with E-state index in [4.69, 9.17) is 5.73 Å². The first-order valence-electron chi connectivity index (χ1n) is 5.29. The van der Waals surface area contributed by atoms with Gasteiger partial charge in [0.2, 0.25) is 0 Å². The first-order valence-corrected chi connectivity index (χ1v) is 5.29. The summed E-state index contributed by atoms with van der Waals surface area (Å²) in [4.78, 5) is 3.41. The first kappa shape index (κ1) is 12.3. The molecule has 0 spiro atoms. The van der Waals surface area contributed by atoms with E-state index >= 15 is 0 Å². The lowest BCUT2D eigenvalue weighted by Crippen LogP contribution is -2.49. The molecule has 1 aromatic heterocycles. The number of halogens is 3. The highest BCUT2D eigenvalue weighted by Gasteiger charge is 2.44. The van der Waals surface area contributed by atoms with E-state index in [2.05, 4.69) is 4.98 Å². The quantitative estimate of drug-likeness (QED) is 0.830. The van der Waals surface area contributed by atoms with Crippen molar-refractivity contribution in [1.82, 2.24) is 4.98 Å². The van der Waals surface area contributed by atoms with Gasteiger partial charge in [-0.2, -0.15) is 13.2 Å². The Morgan fingerprint density at radius 3 is 2.41 bits per heavy atom. The third kappa shape index (κ3) is 2.14. The van der Waals surface area contributed by atoms with Gasteiger partial charge < -0.3 is 10.8 Å². The summed E-state index contributed by atoms with van der Waals surface area (Å²) >= 11 is 0. The van der Waals surface area contributed by atoms with E-state index in [1.807, 2.05) is 0 Å². The molecule has 1 aromatic rings. The molecule has 0 radical (unpaired) electrons. The normalized spacial score (nSPS) is 28.9. The number of pyridine rings is 1. The van der Waals surface area contributed by atoms with Crippen LogP contribution in [0.25, 0.3) is 0 Å². The smallest absolute Gasteiger partial charge is 0.393 e. The Bertz CT molecular complexity index is 396. The Hall–Kier alpha value is -1.14. The van der Waals surface area contributed by atoms with Crippen LogP contribution in [0.15, 0.2) is 18.3 Å². The highest BCUT2D eigenvalue weighted by atomic mass is 19.4. The number of nitrogens with two attached hydrogens (primary N) is 1. The minimum atomic E-state index is -4.42. The van der Waals surface area contributed by atoms with Crippen molar-refractivity contribution in [2.45, 2.75) is 30.5 Å². The van der Waals surface area contributed by atoms with Gasteiger partial charge in [0.1, 0.15) is 5.69 Å². The highest BCUT2D eigenvalue weighted by molar-refractivity contribution is 5.29. The average Bonchev–Trinajstić information content (AvgIpc) is 2.23. The van der Waals surface area contributed by atoms with Crippen LogP contribution in [0, 0.1) is 0 Å². The molecule has 0 saturated heterocycles. The van der Waals surface area contributed by atoms with Crippen LogP contribution >= 0.6 is 0 Å². The summed E-state index contributed by atoms with van der Waals surface area (Å²) in [6.07, 6.45) is -2.66.